The Morgan fingerprint density at radius 3 is 2.84 bits per heavy atom. The van der Waals surface area contributed by atoms with Crippen LogP contribution >= 0.6 is 0 Å². The maximum absolute atomic E-state index is 12.7. The normalized spacial score (nSPS) is 17.5. The van der Waals surface area contributed by atoms with Crippen LogP contribution in [-0.2, 0) is 23.1 Å². The number of carbonyl (C=O) groups excluding carboxylic acids is 1. The number of hydrogen-bond acceptors (Lipinski definition) is 5. The number of rotatable bonds is 7. The largest absolute Gasteiger partial charge is 0.468 e. The van der Waals surface area contributed by atoms with Crippen molar-refractivity contribution in [2.45, 2.75) is 25.4 Å². The van der Waals surface area contributed by atoms with E-state index in [1.165, 1.54) is 0 Å². The lowest BCUT2D eigenvalue weighted by atomic mass is 9.95. The van der Waals surface area contributed by atoms with Crippen molar-refractivity contribution in [1.82, 2.24) is 20.0 Å². The van der Waals surface area contributed by atoms with Gasteiger partial charge in [0, 0.05) is 26.3 Å². The molecule has 1 amide bonds. The molecule has 1 saturated heterocycles. The second kappa shape index (κ2) is 8.31. The van der Waals surface area contributed by atoms with Gasteiger partial charge < -0.3 is 14.5 Å². The third-order valence-corrected chi connectivity index (χ3v) is 4.78. The van der Waals surface area contributed by atoms with Crippen LogP contribution in [0.1, 0.15) is 30.3 Å². The van der Waals surface area contributed by atoms with E-state index in [1.807, 2.05) is 25.2 Å². The first-order chi connectivity index (χ1) is 12.2. The highest BCUT2D eigenvalue weighted by Gasteiger charge is 2.27. The Labute approximate surface area is 147 Å². The molecule has 1 aliphatic rings. The Balaban J connectivity index is 1.52. The first-order valence-corrected chi connectivity index (χ1v) is 8.69. The molecular weight excluding hydrogens is 320 g/mol. The number of nitrogens with one attached hydrogen (secondary N) is 1. The number of amides is 1. The highest BCUT2D eigenvalue weighted by Crippen LogP contribution is 2.21. The van der Waals surface area contributed by atoms with E-state index < -0.39 is 0 Å². The molecule has 0 aliphatic carbocycles. The minimum atomic E-state index is -0.175. The fourth-order valence-corrected chi connectivity index (χ4v) is 3.36. The SMILES string of the molecule is COC[C@H](NC(=O)C1CCN(Cc2ccco2)CC1)c1ccnn1C. The summed E-state index contributed by atoms with van der Waals surface area (Å²) in [7, 11) is 3.51. The summed E-state index contributed by atoms with van der Waals surface area (Å²) in [6.07, 6.45) is 5.15. The molecule has 0 aromatic carbocycles. The molecule has 2 aromatic heterocycles. The highest BCUT2D eigenvalue weighted by atomic mass is 16.5. The van der Waals surface area contributed by atoms with Crippen molar-refractivity contribution in [1.29, 1.82) is 0 Å². The van der Waals surface area contributed by atoms with Gasteiger partial charge >= 0.3 is 0 Å². The minimum absolute atomic E-state index is 0.0421. The Kier molecular flexibility index (Phi) is 5.88. The Morgan fingerprint density at radius 2 is 2.24 bits per heavy atom. The van der Waals surface area contributed by atoms with Gasteiger partial charge in [-0.1, -0.05) is 0 Å². The number of ether oxygens (including phenoxy) is 1. The zero-order valence-electron chi connectivity index (χ0n) is 14.9. The van der Waals surface area contributed by atoms with Gasteiger partial charge in [0.2, 0.25) is 5.91 Å². The topological polar surface area (TPSA) is 72.5 Å². The fourth-order valence-electron chi connectivity index (χ4n) is 3.36. The van der Waals surface area contributed by atoms with Crippen LogP contribution in [0.5, 0.6) is 0 Å². The van der Waals surface area contributed by atoms with Crippen molar-refractivity contribution >= 4 is 5.91 Å². The number of methoxy groups -OCH3 is 1. The van der Waals surface area contributed by atoms with E-state index in [4.69, 9.17) is 9.15 Å². The lowest BCUT2D eigenvalue weighted by Gasteiger charge is -2.31. The average molecular weight is 346 g/mol. The van der Waals surface area contributed by atoms with Gasteiger partial charge in [-0.25, -0.2) is 0 Å². The highest BCUT2D eigenvalue weighted by molar-refractivity contribution is 5.79. The summed E-state index contributed by atoms with van der Waals surface area (Å²) in [5.41, 5.74) is 0.949. The average Bonchev–Trinajstić information content (AvgIpc) is 3.26. The molecule has 1 atom stereocenters. The lowest BCUT2D eigenvalue weighted by Crippen LogP contribution is -2.42. The van der Waals surface area contributed by atoms with Gasteiger partial charge in [0.15, 0.2) is 0 Å². The van der Waals surface area contributed by atoms with Crippen LogP contribution in [0.15, 0.2) is 35.1 Å². The van der Waals surface area contributed by atoms with Gasteiger partial charge in [0.05, 0.1) is 31.2 Å². The summed E-state index contributed by atoms with van der Waals surface area (Å²) in [5.74, 6) is 1.11. The number of aromatic nitrogens is 2. The summed E-state index contributed by atoms with van der Waals surface area (Å²) in [5, 5.41) is 7.31. The maximum atomic E-state index is 12.7. The van der Waals surface area contributed by atoms with Gasteiger partial charge in [-0.15, -0.1) is 0 Å². The molecule has 3 heterocycles. The molecule has 0 spiro atoms. The Hall–Kier alpha value is -2.12. The Bertz CT molecular complexity index is 660. The quantitative estimate of drug-likeness (QED) is 0.827. The lowest BCUT2D eigenvalue weighted by molar-refractivity contribution is -0.127. The van der Waals surface area contributed by atoms with Crippen molar-refractivity contribution in [2.75, 3.05) is 26.8 Å². The molecule has 1 aliphatic heterocycles. The molecule has 136 valence electrons. The molecule has 1 N–H and O–H groups in total. The van der Waals surface area contributed by atoms with E-state index in [0.29, 0.717) is 6.61 Å². The second-order valence-electron chi connectivity index (χ2n) is 6.53. The van der Waals surface area contributed by atoms with E-state index in [9.17, 15) is 4.79 Å². The molecule has 0 bridgehead atoms. The zero-order chi connectivity index (χ0) is 17.6. The van der Waals surface area contributed by atoms with Crippen LogP contribution in [0.2, 0.25) is 0 Å². The van der Waals surface area contributed by atoms with Crippen molar-refractivity contribution in [2.24, 2.45) is 13.0 Å². The smallest absolute Gasteiger partial charge is 0.223 e. The minimum Gasteiger partial charge on any atom is -0.468 e. The van der Waals surface area contributed by atoms with Crippen LogP contribution in [0, 0.1) is 5.92 Å². The van der Waals surface area contributed by atoms with Crippen molar-refractivity contribution in [3.8, 4) is 0 Å². The van der Waals surface area contributed by atoms with E-state index in [0.717, 1.165) is 43.9 Å². The standard InChI is InChI=1S/C18H26N4O3/c1-21-17(5-8-19-21)16(13-24-2)20-18(23)14-6-9-22(10-7-14)12-15-4-3-11-25-15/h3-5,8,11,14,16H,6-7,9-10,12-13H2,1-2H3,(H,20,23)/t16-/m0/s1. The number of aryl methyl sites for hydroxylation is 1. The number of hydrogen-bond donors (Lipinski definition) is 1. The van der Waals surface area contributed by atoms with Crippen molar-refractivity contribution in [3.63, 3.8) is 0 Å². The van der Waals surface area contributed by atoms with Crippen molar-refractivity contribution < 1.29 is 13.9 Å². The molecule has 0 unspecified atom stereocenters. The fraction of sp³-hybridized carbons (Fsp3) is 0.556. The molecule has 1 fully saturated rings. The Morgan fingerprint density at radius 1 is 1.44 bits per heavy atom. The molecule has 3 rings (SSSR count). The number of likely N-dealkylation sites (tertiary alicyclic amines) is 1. The molecule has 2 aromatic rings. The summed E-state index contributed by atoms with van der Waals surface area (Å²) >= 11 is 0. The van der Waals surface area contributed by atoms with Crippen LogP contribution in [-0.4, -0.2) is 47.4 Å². The van der Waals surface area contributed by atoms with Crippen LogP contribution in [0.25, 0.3) is 0 Å². The molecule has 0 radical (unpaired) electrons. The molecular formula is C18H26N4O3. The summed E-state index contributed by atoms with van der Waals surface area (Å²) in [6.45, 7) is 3.05. The summed E-state index contributed by atoms with van der Waals surface area (Å²) in [4.78, 5) is 15.0. The number of carbonyl (C=O) groups is 1. The number of furan rings is 1. The summed E-state index contributed by atoms with van der Waals surface area (Å²) < 4.78 is 12.4. The number of piperidine rings is 1. The third kappa shape index (κ3) is 4.49. The van der Waals surface area contributed by atoms with Gasteiger partial charge in [-0.3, -0.25) is 14.4 Å². The third-order valence-electron chi connectivity index (χ3n) is 4.78. The first-order valence-electron chi connectivity index (χ1n) is 8.69. The molecule has 7 nitrogen and oxygen atoms in total. The van der Waals surface area contributed by atoms with Gasteiger partial charge in [0.1, 0.15) is 5.76 Å². The molecule has 25 heavy (non-hydrogen) atoms. The monoisotopic (exact) mass is 346 g/mol. The molecule has 7 heteroatoms. The zero-order valence-corrected chi connectivity index (χ0v) is 14.9. The van der Waals surface area contributed by atoms with E-state index >= 15 is 0 Å². The predicted octanol–water partition coefficient (Wildman–Crippen LogP) is 1.73. The van der Waals surface area contributed by atoms with Gasteiger partial charge in [-0.2, -0.15) is 5.10 Å². The van der Waals surface area contributed by atoms with E-state index in [2.05, 4.69) is 15.3 Å². The van der Waals surface area contributed by atoms with Crippen molar-refractivity contribution in [3.05, 3.63) is 42.1 Å². The molecule has 0 saturated carbocycles. The second-order valence-corrected chi connectivity index (χ2v) is 6.53. The predicted molar refractivity (Wildman–Crippen MR) is 92.7 cm³/mol. The van der Waals surface area contributed by atoms with Gasteiger partial charge in [0.25, 0.3) is 0 Å². The summed E-state index contributed by atoms with van der Waals surface area (Å²) in [6, 6.07) is 5.63. The maximum Gasteiger partial charge on any atom is 0.223 e. The van der Waals surface area contributed by atoms with E-state index in [-0.39, 0.29) is 17.9 Å². The van der Waals surface area contributed by atoms with Gasteiger partial charge in [-0.05, 0) is 44.1 Å². The van der Waals surface area contributed by atoms with Crippen LogP contribution in [0.4, 0.5) is 0 Å². The van der Waals surface area contributed by atoms with Crippen LogP contribution < -0.4 is 5.32 Å². The number of nitrogens with zero attached hydrogens (tertiary/aromatic N) is 3. The first kappa shape index (κ1) is 17.7. The van der Waals surface area contributed by atoms with Crippen LogP contribution in [0.3, 0.4) is 0 Å². The van der Waals surface area contributed by atoms with E-state index in [1.54, 1.807) is 24.3 Å².